The van der Waals surface area contributed by atoms with Crippen molar-refractivity contribution in [3.63, 3.8) is 0 Å². The van der Waals surface area contributed by atoms with Crippen LogP contribution in [0.1, 0.15) is 44.0 Å². The van der Waals surface area contributed by atoms with Gasteiger partial charge in [0.1, 0.15) is 16.2 Å². The fraction of sp³-hybridized carbons (Fsp3) is 0.412. The van der Waals surface area contributed by atoms with Gasteiger partial charge in [-0.2, -0.15) is 0 Å². The number of rotatable bonds is 4. The molecule has 110 valence electrons. The highest BCUT2D eigenvalue weighted by atomic mass is 32.1. The van der Waals surface area contributed by atoms with Gasteiger partial charge in [0.15, 0.2) is 0 Å². The lowest BCUT2D eigenvalue weighted by Crippen LogP contribution is -2.02. The third kappa shape index (κ3) is 3.16. The molecule has 1 saturated carbocycles. The van der Waals surface area contributed by atoms with Crippen molar-refractivity contribution in [2.45, 2.75) is 45.6 Å². The van der Waals surface area contributed by atoms with Crippen LogP contribution in [0.3, 0.4) is 0 Å². The van der Waals surface area contributed by atoms with Crippen LogP contribution in [-0.4, -0.2) is 16.1 Å². The summed E-state index contributed by atoms with van der Waals surface area (Å²) in [6, 6.07) is 8.21. The van der Waals surface area contributed by atoms with E-state index in [9.17, 15) is 0 Å². The van der Waals surface area contributed by atoms with Crippen LogP contribution < -0.4 is 4.74 Å². The van der Waals surface area contributed by atoms with Crippen LogP contribution in [0.15, 0.2) is 24.3 Å². The number of aromatic nitrogens is 2. The van der Waals surface area contributed by atoms with Gasteiger partial charge in [-0.1, -0.05) is 26.1 Å². The summed E-state index contributed by atoms with van der Waals surface area (Å²) in [5.74, 6) is 2.19. The molecular formula is C17H20N2OS. The quantitative estimate of drug-likeness (QED) is 0.826. The van der Waals surface area contributed by atoms with Gasteiger partial charge in [-0.15, -0.1) is 0 Å². The van der Waals surface area contributed by atoms with Gasteiger partial charge in [-0.3, -0.25) is 0 Å². The highest BCUT2D eigenvalue weighted by Crippen LogP contribution is 2.29. The lowest BCUT2D eigenvalue weighted by Gasteiger charge is -2.12. The van der Waals surface area contributed by atoms with Crippen LogP contribution in [0.5, 0.6) is 5.75 Å². The van der Waals surface area contributed by atoms with E-state index < -0.39 is 0 Å². The molecule has 1 N–H and O–H groups in total. The first-order chi connectivity index (χ1) is 10.0. The molecule has 0 spiro atoms. The Morgan fingerprint density at radius 2 is 1.90 bits per heavy atom. The second kappa shape index (κ2) is 5.60. The summed E-state index contributed by atoms with van der Waals surface area (Å²) < 4.78 is 6.46. The van der Waals surface area contributed by atoms with Gasteiger partial charge in [0.05, 0.1) is 11.8 Å². The van der Waals surface area contributed by atoms with E-state index in [2.05, 4.69) is 35.9 Å². The minimum Gasteiger partial charge on any atom is -0.490 e. The number of aromatic amines is 1. The molecule has 1 aliphatic carbocycles. The van der Waals surface area contributed by atoms with Crippen molar-refractivity contribution < 1.29 is 4.74 Å². The standard InChI is InChI=1S/C17H20N2OS/c1-10(2)16-18-15(11(3)17(21)19-16)12-4-6-13(7-5-12)20-14-8-9-14/h4-7,10,14H,8-9H2,1-3H3,(H,18,19,21). The summed E-state index contributed by atoms with van der Waals surface area (Å²) in [7, 11) is 0. The molecule has 3 nitrogen and oxygen atoms in total. The van der Waals surface area contributed by atoms with E-state index in [0.717, 1.165) is 28.4 Å². The zero-order valence-electron chi connectivity index (χ0n) is 12.6. The average Bonchev–Trinajstić information content (AvgIpc) is 3.26. The second-order valence-electron chi connectivity index (χ2n) is 5.92. The normalized spacial score (nSPS) is 14.5. The zero-order chi connectivity index (χ0) is 15.0. The Labute approximate surface area is 130 Å². The number of hydrogen-bond donors (Lipinski definition) is 1. The Morgan fingerprint density at radius 3 is 2.48 bits per heavy atom. The van der Waals surface area contributed by atoms with Gasteiger partial charge in [0.2, 0.25) is 0 Å². The van der Waals surface area contributed by atoms with Crippen LogP contribution in [-0.2, 0) is 0 Å². The van der Waals surface area contributed by atoms with E-state index in [1.807, 2.05) is 19.1 Å². The van der Waals surface area contributed by atoms with E-state index in [1.165, 1.54) is 12.8 Å². The maximum Gasteiger partial charge on any atom is 0.133 e. The summed E-state index contributed by atoms with van der Waals surface area (Å²) in [5.41, 5.74) is 3.19. The Balaban J connectivity index is 1.96. The van der Waals surface area contributed by atoms with E-state index in [-0.39, 0.29) is 0 Å². The van der Waals surface area contributed by atoms with Gasteiger partial charge >= 0.3 is 0 Å². The van der Waals surface area contributed by atoms with Crippen molar-refractivity contribution in [3.8, 4) is 17.0 Å². The predicted octanol–water partition coefficient (Wildman–Crippen LogP) is 4.78. The van der Waals surface area contributed by atoms with Crippen LogP contribution in [0.2, 0.25) is 0 Å². The van der Waals surface area contributed by atoms with Crippen molar-refractivity contribution in [1.82, 2.24) is 9.97 Å². The van der Waals surface area contributed by atoms with Crippen molar-refractivity contribution in [1.29, 1.82) is 0 Å². The molecule has 1 aromatic heterocycles. The summed E-state index contributed by atoms with van der Waals surface area (Å²) in [4.78, 5) is 7.88. The lowest BCUT2D eigenvalue weighted by atomic mass is 10.1. The monoisotopic (exact) mass is 300 g/mol. The third-order valence-electron chi connectivity index (χ3n) is 3.69. The SMILES string of the molecule is Cc1c(-c2ccc(OC3CC3)cc2)[nH]c(C(C)C)nc1=S. The molecule has 0 atom stereocenters. The maximum absolute atomic E-state index is 5.79. The third-order valence-corrected chi connectivity index (χ3v) is 4.09. The first-order valence-corrected chi connectivity index (χ1v) is 7.83. The fourth-order valence-electron chi connectivity index (χ4n) is 2.19. The topological polar surface area (TPSA) is 37.9 Å². The maximum atomic E-state index is 5.79. The summed E-state index contributed by atoms with van der Waals surface area (Å²) >= 11 is 5.38. The number of benzene rings is 1. The molecule has 4 heteroatoms. The number of ether oxygens (including phenoxy) is 1. The summed E-state index contributed by atoms with van der Waals surface area (Å²) in [5, 5.41) is 0. The molecule has 0 unspecified atom stereocenters. The zero-order valence-corrected chi connectivity index (χ0v) is 13.5. The van der Waals surface area contributed by atoms with Crippen LogP contribution >= 0.6 is 12.2 Å². The largest absolute Gasteiger partial charge is 0.490 e. The summed E-state index contributed by atoms with van der Waals surface area (Å²) in [6.45, 7) is 6.23. The molecule has 2 aromatic rings. The minimum atomic E-state index is 0.323. The smallest absolute Gasteiger partial charge is 0.133 e. The van der Waals surface area contributed by atoms with Gasteiger partial charge in [0.25, 0.3) is 0 Å². The number of hydrogen-bond acceptors (Lipinski definition) is 3. The van der Waals surface area contributed by atoms with Gasteiger partial charge in [0, 0.05) is 11.5 Å². The van der Waals surface area contributed by atoms with E-state index in [1.54, 1.807) is 0 Å². The molecule has 0 radical (unpaired) electrons. The Hall–Kier alpha value is -1.68. The molecule has 1 fully saturated rings. The van der Waals surface area contributed by atoms with E-state index in [4.69, 9.17) is 17.0 Å². The molecular weight excluding hydrogens is 280 g/mol. The average molecular weight is 300 g/mol. The van der Waals surface area contributed by atoms with Crippen molar-refractivity contribution in [2.75, 3.05) is 0 Å². The molecule has 0 bridgehead atoms. The van der Waals surface area contributed by atoms with Crippen molar-refractivity contribution >= 4 is 12.2 Å². The van der Waals surface area contributed by atoms with Crippen LogP contribution in [0.25, 0.3) is 11.3 Å². The fourth-order valence-corrected chi connectivity index (χ4v) is 2.39. The molecule has 0 aliphatic heterocycles. The van der Waals surface area contributed by atoms with Crippen LogP contribution in [0.4, 0.5) is 0 Å². The predicted molar refractivity (Wildman–Crippen MR) is 87.3 cm³/mol. The lowest BCUT2D eigenvalue weighted by molar-refractivity contribution is 0.303. The van der Waals surface area contributed by atoms with E-state index >= 15 is 0 Å². The van der Waals surface area contributed by atoms with Gasteiger partial charge < -0.3 is 9.72 Å². The highest BCUT2D eigenvalue weighted by Gasteiger charge is 2.23. The molecule has 0 saturated heterocycles. The molecule has 0 amide bonds. The first kappa shape index (κ1) is 14.3. The van der Waals surface area contributed by atoms with Crippen LogP contribution in [0, 0.1) is 11.6 Å². The number of nitrogens with one attached hydrogen (secondary N) is 1. The van der Waals surface area contributed by atoms with Crippen molar-refractivity contribution in [2.24, 2.45) is 0 Å². The Morgan fingerprint density at radius 1 is 1.24 bits per heavy atom. The summed E-state index contributed by atoms with van der Waals surface area (Å²) in [6.07, 6.45) is 2.78. The second-order valence-corrected chi connectivity index (χ2v) is 6.31. The molecule has 1 aromatic carbocycles. The minimum absolute atomic E-state index is 0.323. The first-order valence-electron chi connectivity index (χ1n) is 7.42. The van der Waals surface area contributed by atoms with E-state index in [0.29, 0.717) is 16.7 Å². The van der Waals surface area contributed by atoms with Gasteiger partial charge in [-0.05, 0) is 49.6 Å². The molecule has 1 aliphatic rings. The van der Waals surface area contributed by atoms with Crippen molar-refractivity contribution in [3.05, 3.63) is 40.3 Å². The molecule has 1 heterocycles. The number of H-pyrrole nitrogens is 1. The Kier molecular flexibility index (Phi) is 3.81. The molecule has 3 rings (SSSR count). The number of nitrogens with zero attached hydrogens (tertiary/aromatic N) is 1. The highest BCUT2D eigenvalue weighted by molar-refractivity contribution is 7.71. The Bertz CT molecular complexity index is 700. The van der Waals surface area contributed by atoms with Gasteiger partial charge in [-0.25, -0.2) is 4.98 Å². The molecule has 21 heavy (non-hydrogen) atoms.